The van der Waals surface area contributed by atoms with E-state index in [1.54, 1.807) is 17.5 Å². The van der Waals surface area contributed by atoms with Crippen LogP contribution in [0, 0.1) is 25.2 Å². The van der Waals surface area contributed by atoms with Crippen LogP contribution in [0.2, 0.25) is 0 Å². The van der Waals surface area contributed by atoms with Gasteiger partial charge >= 0.3 is 0 Å². The van der Waals surface area contributed by atoms with Gasteiger partial charge in [-0.15, -0.1) is 11.3 Å². The van der Waals surface area contributed by atoms with Crippen molar-refractivity contribution < 1.29 is 9.53 Å². The molecule has 2 aliphatic heterocycles. The Morgan fingerprint density at radius 2 is 2.32 bits per heavy atom. The molecule has 0 aliphatic carbocycles. The normalized spacial score (nSPS) is 24.3. The smallest absolute Gasteiger partial charge is 0.230 e. The number of hydrogen-bond acceptors (Lipinski definition) is 7. The first kappa shape index (κ1) is 19.3. The summed E-state index contributed by atoms with van der Waals surface area (Å²) >= 11 is 1.67. The highest BCUT2D eigenvalue weighted by molar-refractivity contribution is 7.09. The fourth-order valence-corrected chi connectivity index (χ4v) is 4.82. The van der Waals surface area contributed by atoms with Crippen LogP contribution in [-0.4, -0.2) is 60.2 Å². The molecule has 150 valence electrons. The van der Waals surface area contributed by atoms with E-state index in [0.29, 0.717) is 26.3 Å². The van der Waals surface area contributed by atoms with Crippen molar-refractivity contribution in [2.75, 3.05) is 44.7 Å². The number of thiazole rings is 1. The van der Waals surface area contributed by atoms with Gasteiger partial charge in [-0.25, -0.2) is 4.98 Å². The third-order valence-corrected chi connectivity index (χ3v) is 6.52. The van der Waals surface area contributed by atoms with E-state index in [2.05, 4.69) is 30.9 Å². The van der Waals surface area contributed by atoms with Crippen LogP contribution in [0.5, 0.6) is 0 Å². The minimum absolute atomic E-state index is 0.111. The molecule has 0 radical (unpaired) electrons. The number of nitrogens with zero attached hydrogens (tertiary/aromatic N) is 3. The largest absolute Gasteiger partial charge is 0.383 e. The molecular weight excluding hydrogens is 374 g/mol. The topological polar surface area (TPSA) is 79.4 Å². The molecule has 4 heterocycles. The van der Waals surface area contributed by atoms with Gasteiger partial charge in [0.1, 0.15) is 0 Å². The van der Waals surface area contributed by atoms with Crippen molar-refractivity contribution in [1.82, 2.24) is 20.2 Å². The molecule has 2 aliphatic rings. The van der Waals surface area contributed by atoms with Crippen LogP contribution in [0.3, 0.4) is 0 Å². The van der Waals surface area contributed by atoms with Crippen LogP contribution in [-0.2, 0) is 16.1 Å². The lowest BCUT2D eigenvalue weighted by atomic mass is 9.80. The van der Waals surface area contributed by atoms with E-state index in [4.69, 9.17) is 4.74 Å². The molecule has 7 nitrogen and oxygen atoms in total. The van der Waals surface area contributed by atoms with Crippen molar-refractivity contribution >= 4 is 22.9 Å². The van der Waals surface area contributed by atoms with Gasteiger partial charge in [0.05, 0.1) is 29.3 Å². The van der Waals surface area contributed by atoms with E-state index in [1.165, 1.54) is 0 Å². The van der Waals surface area contributed by atoms with E-state index in [0.717, 1.165) is 41.6 Å². The molecule has 28 heavy (non-hydrogen) atoms. The Morgan fingerprint density at radius 3 is 3.11 bits per heavy atom. The Kier molecular flexibility index (Phi) is 5.61. The molecule has 0 unspecified atom stereocenters. The molecule has 4 rings (SSSR count). The van der Waals surface area contributed by atoms with Crippen molar-refractivity contribution in [3.63, 3.8) is 0 Å². The maximum absolute atomic E-state index is 13.1. The molecule has 2 saturated heterocycles. The monoisotopic (exact) mass is 401 g/mol. The summed E-state index contributed by atoms with van der Waals surface area (Å²) < 4.78 is 5.71. The summed E-state index contributed by atoms with van der Waals surface area (Å²) in [5.74, 6) is 0.364. The van der Waals surface area contributed by atoms with Crippen LogP contribution in [0.4, 0.5) is 5.69 Å². The molecule has 2 aromatic heterocycles. The highest BCUT2D eigenvalue weighted by Gasteiger charge is 2.55. The number of rotatable bonds is 7. The maximum Gasteiger partial charge on any atom is 0.230 e. The minimum atomic E-state index is -0.433. The highest BCUT2D eigenvalue weighted by atomic mass is 32.1. The predicted molar refractivity (Wildman–Crippen MR) is 109 cm³/mol. The standard InChI is InChI=1S/C20H27N5O2S/c1-14-7-21-4-3-18(14)22-5-6-23-19(26)20-12-25(8-16(20)10-27-13-20)9-17-11-28-15(2)24-17/h3-4,7,11,16H,5-6,8-10,12-13H2,1-2H3,(H,21,22)(H,23,26)/t16-,20-/m0/s1. The van der Waals surface area contributed by atoms with Gasteiger partial charge in [0.25, 0.3) is 0 Å². The molecule has 0 spiro atoms. The molecule has 1 amide bonds. The third kappa shape index (κ3) is 3.90. The van der Waals surface area contributed by atoms with Crippen LogP contribution in [0.1, 0.15) is 16.3 Å². The van der Waals surface area contributed by atoms with Gasteiger partial charge in [-0.1, -0.05) is 0 Å². The molecule has 0 aromatic carbocycles. The first-order valence-corrected chi connectivity index (χ1v) is 10.6. The van der Waals surface area contributed by atoms with Crippen molar-refractivity contribution in [1.29, 1.82) is 0 Å². The number of hydrogen-bond donors (Lipinski definition) is 2. The summed E-state index contributed by atoms with van der Waals surface area (Å²) in [6.45, 7) is 8.90. The van der Waals surface area contributed by atoms with E-state index < -0.39 is 5.41 Å². The van der Waals surface area contributed by atoms with Crippen molar-refractivity contribution in [3.05, 3.63) is 40.1 Å². The first-order chi connectivity index (χ1) is 13.6. The Labute approximate surface area is 169 Å². The summed E-state index contributed by atoms with van der Waals surface area (Å²) in [5.41, 5.74) is 2.81. The summed E-state index contributed by atoms with van der Waals surface area (Å²) in [4.78, 5) is 24.1. The number of aromatic nitrogens is 2. The first-order valence-electron chi connectivity index (χ1n) is 9.71. The number of carbonyl (C=O) groups is 1. The minimum Gasteiger partial charge on any atom is -0.383 e. The molecule has 2 aromatic rings. The zero-order valence-electron chi connectivity index (χ0n) is 16.4. The van der Waals surface area contributed by atoms with Gasteiger partial charge < -0.3 is 15.4 Å². The zero-order chi connectivity index (χ0) is 19.6. The average Bonchev–Trinajstić information content (AvgIpc) is 3.34. The Hall–Kier alpha value is -2.03. The highest BCUT2D eigenvalue weighted by Crippen LogP contribution is 2.42. The second-order valence-corrected chi connectivity index (χ2v) is 8.83. The number of aryl methyl sites for hydroxylation is 2. The summed E-state index contributed by atoms with van der Waals surface area (Å²) in [6.07, 6.45) is 3.60. The lowest BCUT2D eigenvalue weighted by Gasteiger charge is -2.26. The number of amides is 1. The van der Waals surface area contributed by atoms with Crippen molar-refractivity contribution in [2.45, 2.75) is 20.4 Å². The molecule has 2 fully saturated rings. The molecule has 0 saturated carbocycles. The number of carbonyl (C=O) groups excluding carboxylic acids is 1. The zero-order valence-corrected chi connectivity index (χ0v) is 17.2. The number of anilines is 1. The fourth-order valence-electron chi connectivity index (χ4n) is 4.21. The van der Waals surface area contributed by atoms with Crippen LogP contribution >= 0.6 is 11.3 Å². The Bertz CT molecular complexity index is 842. The third-order valence-electron chi connectivity index (χ3n) is 5.70. The van der Waals surface area contributed by atoms with E-state index in [-0.39, 0.29) is 11.8 Å². The average molecular weight is 402 g/mol. The summed E-state index contributed by atoms with van der Waals surface area (Å²) in [5, 5.41) is 9.68. The SMILES string of the molecule is Cc1nc(CN2C[C@H]3COC[C@@]3(C(=O)NCCNc3ccncc3C)C2)cs1. The van der Waals surface area contributed by atoms with Crippen molar-refractivity contribution in [3.8, 4) is 0 Å². The van der Waals surface area contributed by atoms with Gasteiger partial charge in [-0.05, 0) is 25.5 Å². The maximum atomic E-state index is 13.1. The molecular formula is C20H27N5O2S. The second kappa shape index (κ2) is 8.14. The lowest BCUT2D eigenvalue weighted by molar-refractivity contribution is -0.131. The Morgan fingerprint density at radius 1 is 1.43 bits per heavy atom. The number of fused-ring (bicyclic) bond motifs is 1. The van der Waals surface area contributed by atoms with Gasteiger partial charge in [-0.2, -0.15) is 0 Å². The quantitative estimate of drug-likeness (QED) is 0.689. The lowest BCUT2D eigenvalue weighted by Crippen LogP contribution is -2.47. The fraction of sp³-hybridized carbons (Fsp3) is 0.550. The molecule has 8 heteroatoms. The molecule has 0 bridgehead atoms. The van der Waals surface area contributed by atoms with E-state index in [1.807, 2.05) is 26.1 Å². The number of nitrogens with one attached hydrogen (secondary N) is 2. The molecule has 2 atom stereocenters. The number of likely N-dealkylation sites (tertiary alicyclic amines) is 1. The second-order valence-electron chi connectivity index (χ2n) is 7.77. The van der Waals surface area contributed by atoms with Gasteiger partial charge in [-0.3, -0.25) is 14.7 Å². The van der Waals surface area contributed by atoms with Crippen LogP contribution < -0.4 is 10.6 Å². The van der Waals surface area contributed by atoms with Crippen molar-refractivity contribution in [2.24, 2.45) is 11.3 Å². The number of ether oxygens (including phenoxy) is 1. The van der Waals surface area contributed by atoms with Gasteiger partial charge in [0, 0.05) is 62.1 Å². The number of pyridine rings is 1. The van der Waals surface area contributed by atoms with E-state index >= 15 is 0 Å². The van der Waals surface area contributed by atoms with Crippen LogP contribution in [0.25, 0.3) is 0 Å². The van der Waals surface area contributed by atoms with E-state index in [9.17, 15) is 4.79 Å². The summed E-state index contributed by atoms with van der Waals surface area (Å²) in [7, 11) is 0. The van der Waals surface area contributed by atoms with Crippen LogP contribution in [0.15, 0.2) is 23.8 Å². The molecule has 2 N–H and O–H groups in total. The van der Waals surface area contributed by atoms with Gasteiger partial charge in [0.15, 0.2) is 0 Å². The predicted octanol–water partition coefficient (Wildman–Crippen LogP) is 1.83. The Balaban J connectivity index is 1.31. The summed E-state index contributed by atoms with van der Waals surface area (Å²) in [6, 6.07) is 1.95. The van der Waals surface area contributed by atoms with Gasteiger partial charge in [0.2, 0.25) is 5.91 Å².